The van der Waals surface area contributed by atoms with E-state index in [4.69, 9.17) is 0 Å². The first-order chi connectivity index (χ1) is 9.61. The summed E-state index contributed by atoms with van der Waals surface area (Å²) in [7, 11) is 0. The molecule has 2 unspecified atom stereocenters. The highest BCUT2D eigenvalue weighted by Crippen LogP contribution is 2.26. The van der Waals surface area contributed by atoms with Gasteiger partial charge in [0.15, 0.2) is 0 Å². The lowest BCUT2D eigenvalue weighted by molar-refractivity contribution is -0.153. The molecule has 0 radical (unpaired) electrons. The number of amides is 1. The Hall–Kier alpha value is -1.92. The molecule has 1 aliphatic heterocycles. The van der Waals surface area contributed by atoms with Gasteiger partial charge in [0.2, 0.25) is 5.91 Å². The average Bonchev–Trinajstić information content (AvgIpc) is 2.97. The van der Waals surface area contributed by atoms with E-state index in [1.54, 1.807) is 17.1 Å². The maximum Gasteiger partial charge on any atom is 0.326 e. The van der Waals surface area contributed by atoms with Crippen LogP contribution in [0.4, 0.5) is 0 Å². The lowest BCUT2D eigenvalue weighted by Crippen LogP contribution is -2.50. The number of piperidine rings is 1. The third kappa shape index (κ3) is 3.34. The Kier molecular flexibility index (Phi) is 4.70. The Bertz CT molecular complexity index is 460. The fourth-order valence-corrected chi connectivity index (χ4v) is 2.65. The van der Waals surface area contributed by atoms with Gasteiger partial charge in [0.1, 0.15) is 6.04 Å². The van der Waals surface area contributed by atoms with Gasteiger partial charge in [-0.15, -0.1) is 5.10 Å². The monoisotopic (exact) mass is 280 g/mol. The molecule has 0 saturated carbocycles. The first-order valence-corrected chi connectivity index (χ1v) is 6.98. The summed E-state index contributed by atoms with van der Waals surface area (Å²) < 4.78 is 1.58. The third-order valence-electron chi connectivity index (χ3n) is 3.92. The van der Waals surface area contributed by atoms with Crippen LogP contribution in [-0.2, 0) is 16.1 Å². The molecule has 1 N–H and O–H groups in total. The zero-order chi connectivity index (χ0) is 14.5. The van der Waals surface area contributed by atoms with Crippen LogP contribution < -0.4 is 0 Å². The number of hydrogen-bond donors (Lipinski definition) is 1. The number of hydrogen-bond acceptors (Lipinski definition) is 4. The number of carboxylic acids is 1. The van der Waals surface area contributed by atoms with Gasteiger partial charge >= 0.3 is 5.97 Å². The number of carboxylic acid groups (broad SMARTS) is 1. The molecule has 1 amide bonds. The topological polar surface area (TPSA) is 88.3 Å². The molecule has 0 bridgehead atoms. The summed E-state index contributed by atoms with van der Waals surface area (Å²) in [5.74, 6) is -0.629. The van der Waals surface area contributed by atoms with Gasteiger partial charge in [0.25, 0.3) is 0 Å². The molecule has 1 fully saturated rings. The van der Waals surface area contributed by atoms with Crippen LogP contribution in [0, 0.1) is 5.92 Å². The Labute approximate surface area is 117 Å². The van der Waals surface area contributed by atoms with Crippen LogP contribution in [-0.4, -0.2) is 49.5 Å². The van der Waals surface area contributed by atoms with Crippen LogP contribution in [0.25, 0.3) is 0 Å². The van der Waals surface area contributed by atoms with Gasteiger partial charge in [-0.2, -0.15) is 0 Å². The van der Waals surface area contributed by atoms with Crippen molar-refractivity contribution in [2.24, 2.45) is 5.92 Å². The zero-order valence-electron chi connectivity index (χ0n) is 11.6. The number of rotatable bonds is 5. The normalized spacial score (nSPS) is 22.8. The smallest absolute Gasteiger partial charge is 0.326 e. The van der Waals surface area contributed by atoms with Crippen molar-refractivity contribution in [3.63, 3.8) is 0 Å². The minimum absolute atomic E-state index is 0.123. The number of aliphatic carboxylic acids is 1. The van der Waals surface area contributed by atoms with Crippen molar-refractivity contribution in [1.82, 2.24) is 19.9 Å². The average molecular weight is 280 g/mol. The van der Waals surface area contributed by atoms with Crippen molar-refractivity contribution in [1.29, 1.82) is 0 Å². The molecule has 1 aromatic rings. The van der Waals surface area contributed by atoms with E-state index in [1.807, 2.05) is 0 Å². The van der Waals surface area contributed by atoms with Crippen LogP contribution in [0.15, 0.2) is 12.4 Å². The molecular formula is C13H20N4O3. The maximum atomic E-state index is 12.2. The van der Waals surface area contributed by atoms with Crippen molar-refractivity contribution in [3.05, 3.63) is 12.4 Å². The van der Waals surface area contributed by atoms with Crippen molar-refractivity contribution in [2.45, 2.75) is 45.2 Å². The highest BCUT2D eigenvalue weighted by Gasteiger charge is 2.35. The number of carbonyl (C=O) groups excluding carboxylic acids is 1. The molecule has 7 nitrogen and oxygen atoms in total. The van der Waals surface area contributed by atoms with Crippen LogP contribution in [0.5, 0.6) is 0 Å². The third-order valence-corrected chi connectivity index (χ3v) is 3.92. The van der Waals surface area contributed by atoms with Crippen molar-refractivity contribution in [3.8, 4) is 0 Å². The summed E-state index contributed by atoms with van der Waals surface area (Å²) in [6.07, 6.45) is 5.90. The molecule has 7 heteroatoms. The lowest BCUT2D eigenvalue weighted by atomic mass is 9.88. The molecule has 2 atom stereocenters. The zero-order valence-corrected chi connectivity index (χ0v) is 11.6. The molecule has 0 spiro atoms. The van der Waals surface area contributed by atoms with Crippen molar-refractivity contribution >= 4 is 11.9 Å². The lowest BCUT2D eigenvalue weighted by Gasteiger charge is -2.37. The molecule has 0 aliphatic carbocycles. The van der Waals surface area contributed by atoms with Crippen LogP contribution >= 0.6 is 0 Å². The summed E-state index contributed by atoms with van der Waals surface area (Å²) in [4.78, 5) is 25.1. The van der Waals surface area contributed by atoms with E-state index in [0.29, 0.717) is 25.4 Å². The highest BCUT2D eigenvalue weighted by atomic mass is 16.4. The number of aryl methyl sites for hydroxylation is 1. The molecule has 20 heavy (non-hydrogen) atoms. The first kappa shape index (κ1) is 14.5. The Morgan fingerprint density at radius 3 is 2.85 bits per heavy atom. The van der Waals surface area contributed by atoms with Crippen molar-refractivity contribution < 1.29 is 14.7 Å². The number of nitrogens with zero attached hydrogens (tertiary/aromatic N) is 4. The molecular weight excluding hydrogens is 260 g/mol. The van der Waals surface area contributed by atoms with Crippen LogP contribution in [0.1, 0.15) is 32.6 Å². The number of carbonyl (C=O) groups is 2. The summed E-state index contributed by atoms with van der Waals surface area (Å²) >= 11 is 0. The first-order valence-electron chi connectivity index (χ1n) is 6.98. The molecule has 110 valence electrons. The maximum absolute atomic E-state index is 12.2. The van der Waals surface area contributed by atoms with E-state index >= 15 is 0 Å². The Morgan fingerprint density at radius 1 is 1.45 bits per heavy atom. The largest absolute Gasteiger partial charge is 0.480 e. The molecule has 0 aromatic carbocycles. The minimum atomic E-state index is -0.905. The van der Waals surface area contributed by atoms with Gasteiger partial charge < -0.3 is 10.0 Å². The summed E-state index contributed by atoms with van der Waals surface area (Å²) in [5.41, 5.74) is 0. The summed E-state index contributed by atoms with van der Waals surface area (Å²) in [6, 6.07) is -0.683. The van der Waals surface area contributed by atoms with Gasteiger partial charge in [-0.05, 0) is 18.8 Å². The fourth-order valence-electron chi connectivity index (χ4n) is 2.65. The van der Waals surface area contributed by atoms with Crippen molar-refractivity contribution in [2.75, 3.05) is 6.54 Å². The highest BCUT2D eigenvalue weighted by molar-refractivity contribution is 5.83. The molecule has 1 saturated heterocycles. The predicted molar refractivity (Wildman–Crippen MR) is 70.8 cm³/mol. The van der Waals surface area contributed by atoms with E-state index in [9.17, 15) is 14.7 Å². The minimum Gasteiger partial charge on any atom is -0.480 e. The second kappa shape index (κ2) is 6.49. The molecule has 1 aromatic heterocycles. The molecule has 2 heterocycles. The van der Waals surface area contributed by atoms with E-state index < -0.39 is 12.0 Å². The molecule has 1 aliphatic rings. The number of aromatic nitrogens is 3. The quantitative estimate of drug-likeness (QED) is 0.860. The van der Waals surface area contributed by atoms with Gasteiger partial charge in [-0.25, -0.2) is 4.79 Å². The van der Waals surface area contributed by atoms with E-state index in [1.165, 1.54) is 4.90 Å². The Morgan fingerprint density at radius 2 is 2.25 bits per heavy atom. The molecule has 2 rings (SSSR count). The SMILES string of the molecule is CCC1CCN(C(=O)CCn2ccnn2)C(C(=O)O)C1. The second-order valence-electron chi connectivity index (χ2n) is 5.16. The van der Waals surface area contributed by atoms with Gasteiger partial charge in [0, 0.05) is 19.2 Å². The van der Waals surface area contributed by atoms with E-state index in [-0.39, 0.29) is 12.3 Å². The second-order valence-corrected chi connectivity index (χ2v) is 5.16. The summed E-state index contributed by atoms with van der Waals surface area (Å²) in [6.45, 7) is 3.02. The van der Waals surface area contributed by atoms with E-state index in [2.05, 4.69) is 17.2 Å². The predicted octanol–water partition coefficient (Wildman–Crippen LogP) is 0.770. The fraction of sp³-hybridized carbons (Fsp3) is 0.692. The standard InChI is InChI=1S/C13H20N4O3/c1-2-10-3-7-17(11(9-10)13(19)20)12(18)4-6-16-8-5-14-15-16/h5,8,10-11H,2-4,6-7,9H2,1H3,(H,19,20). The van der Waals surface area contributed by atoms with Crippen LogP contribution in [0.2, 0.25) is 0 Å². The number of likely N-dealkylation sites (tertiary alicyclic amines) is 1. The van der Waals surface area contributed by atoms with E-state index in [0.717, 1.165) is 12.8 Å². The Balaban J connectivity index is 1.94. The van der Waals surface area contributed by atoms with Gasteiger partial charge in [0.05, 0.1) is 12.7 Å². The summed E-state index contributed by atoms with van der Waals surface area (Å²) in [5, 5.41) is 16.8. The van der Waals surface area contributed by atoms with Crippen LogP contribution in [0.3, 0.4) is 0 Å². The van der Waals surface area contributed by atoms with Gasteiger partial charge in [-0.3, -0.25) is 9.48 Å². The van der Waals surface area contributed by atoms with Gasteiger partial charge in [-0.1, -0.05) is 18.6 Å².